The first-order valence-corrected chi connectivity index (χ1v) is 8.43. The lowest BCUT2D eigenvalue weighted by molar-refractivity contribution is 0.0716. The third-order valence-electron chi connectivity index (χ3n) is 7.30. The van der Waals surface area contributed by atoms with Crippen LogP contribution in [0.1, 0.15) is 58.8 Å². The first kappa shape index (κ1) is 10.9. The summed E-state index contributed by atoms with van der Waals surface area (Å²) in [5.41, 5.74) is 0. The summed E-state index contributed by atoms with van der Waals surface area (Å²) in [6.45, 7) is 4.00. The molecule has 96 valence electrons. The number of fused-ring (bicyclic) bond motifs is 12. The van der Waals surface area contributed by atoms with Crippen molar-refractivity contribution in [2.75, 3.05) is 0 Å². The molecular weight excluding hydrogens is 204 g/mol. The monoisotopic (exact) mass is 232 g/mol. The minimum Gasteiger partial charge on any atom is -0.0683 e. The van der Waals surface area contributed by atoms with Crippen molar-refractivity contribution in [1.29, 1.82) is 0 Å². The average Bonchev–Trinajstić information content (AvgIpc) is 3.14. The van der Waals surface area contributed by atoms with Crippen molar-refractivity contribution in [3.05, 3.63) is 0 Å². The largest absolute Gasteiger partial charge is 0.0683 e. The predicted octanol–water partition coefficient (Wildman–Crippen LogP) is 4.74. The Balaban J connectivity index is 0.000000383. The smallest absolute Gasteiger partial charge is 0.0321 e. The fourth-order valence-corrected chi connectivity index (χ4v) is 7.28. The maximum absolute atomic E-state index is 2.00. The molecule has 8 unspecified atom stereocenters. The lowest BCUT2D eigenvalue weighted by Crippen LogP contribution is -2.35. The molecule has 4 bridgehead atoms. The minimum atomic E-state index is 1.21. The highest BCUT2D eigenvalue weighted by Crippen LogP contribution is 2.72. The molecule has 0 saturated heterocycles. The molecule has 5 aliphatic rings. The molecule has 0 spiro atoms. The third kappa shape index (κ3) is 1.21. The minimum absolute atomic E-state index is 1.21. The van der Waals surface area contributed by atoms with Gasteiger partial charge < -0.3 is 0 Å². The standard InChI is InChI=1S/C15H22.C2H6/c1-2-10-11(3-1)13-7-12(10)14-8-4-5-9(6-8)15(13)14;1-2/h8-15H,1-7H2;1-2H3. The van der Waals surface area contributed by atoms with E-state index in [1.165, 1.54) is 47.3 Å². The second-order valence-corrected chi connectivity index (χ2v) is 7.31. The number of rotatable bonds is 0. The quantitative estimate of drug-likeness (QED) is 0.529. The fourth-order valence-electron chi connectivity index (χ4n) is 7.28. The second-order valence-electron chi connectivity index (χ2n) is 7.31. The maximum Gasteiger partial charge on any atom is -0.0321 e. The van der Waals surface area contributed by atoms with E-state index < -0.39 is 0 Å². The Morgan fingerprint density at radius 2 is 1.12 bits per heavy atom. The Morgan fingerprint density at radius 1 is 0.588 bits per heavy atom. The van der Waals surface area contributed by atoms with E-state index >= 15 is 0 Å². The van der Waals surface area contributed by atoms with Gasteiger partial charge in [-0.15, -0.1) is 0 Å². The van der Waals surface area contributed by atoms with E-state index in [1.54, 1.807) is 44.9 Å². The molecule has 0 amide bonds. The maximum atomic E-state index is 2.00. The molecule has 0 radical (unpaired) electrons. The molecule has 0 N–H and O–H groups in total. The van der Waals surface area contributed by atoms with Crippen LogP contribution in [0, 0.1) is 47.3 Å². The molecule has 0 nitrogen and oxygen atoms in total. The van der Waals surface area contributed by atoms with Crippen LogP contribution in [0.15, 0.2) is 0 Å². The van der Waals surface area contributed by atoms with Gasteiger partial charge in [-0.05, 0) is 85.9 Å². The molecule has 5 fully saturated rings. The Morgan fingerprint density at radius 3 is 1.65 bits per heavy atom. The van der Waals surface area contributed by atoms with Crippen molar-refractivity contribution in [2.24, 2.45) is 47.3 Å². The molecule has 17 heavy (non-hydrogen) atoms. The van der Waals surface area contributed by atoms with Crippen LogP contribution in [0.4, 0.5) is 0 Å². The van der Waals surface area contributed by atoms with E-state index in [9.17, 15) is 0 Å². The topological polar surface area (TPSA) is 0 Å². The van der Waals surface area contributed by atoms with Crippen LogP contribution < -0.4 is 0 Å². The molecule has 0 aromatic rings. The Kier molecular flexibility index (Phi) is 2.40. The van der Waals surface area contributed by atoms with Gasteiger partial charge in [0.2, 0.25) is 0 Å². The van der Waals surface area contributed by atoms with E-state index in [0.717, 1.165) is 0 Å². The molecule has 0 aromatic heterocycles. The lowest BCUT2D eigenvalue weighted by atomic mass is 9.64. The van der Waals surface area contributed by atoms with Gasteiger partial charge in [0.25, 0.3) is 0 Å². The first-order chi connectivity index (χ1) is 8.43. The SMILES string of the molecule is C1CC2C(C1)C1CC2C2C3CCC(C3)C12.CC. The third-order valence-corrected chi connectivity index (χ3v) is 7.30. The van der Waals surface area contributed by atoms with E-state index in [1.807, 2.05) is 13.8 Å². The highest BCUT2D eigenvalue weighted by Gasteiger charge is 2.65. The Bertz CT molecular complexity index is 279. The van der Waals surface area contributed by atoms with E-state index in [-0.39, 0.29) is 0 Å². The number of hydrogen-bond donors (Lipinski definition) is 0. The summed E-state index contributed by atoms with van der Waals surface area (Å²) in [4.78, 5) is 0. The van der Waals surface area contributed by atoms with Crippen molar-refractivity contribution in [2.45, 2.75) is 58.8 Å². The van der Waals surface area contributed by atoms with Crippen LogP contribution in [0.3, 0.4) is 0 Å². The van der Waals surface area contributed by atoms with Gasteiger partial charge in [0.1, 0.15) is 0 Å². The van der Waals surface area contributed by atoms with Crippen LogP contribution in [-0.2, 0) is 0 Å². The summed E-state index contributed by atoms with van der Waals surface area (Å²) in [5.74, 6) is 9.78. The zero-order valence-corrected chi connectivity index (χ0v) is 11.6. The van der Waals surface area contributed by atoms with Crippen molar-refractivity contribution in [3.63, 3.8) is 0 Å². The van der Waals surface area contributed by atoms with Gasteiger partial charge in [-0.1, -0.05) is 20.3 Å². The van der Waals surface area contributed by atoms with Gasteiger partial charge in [-0.25, -0.2) is 0 Å². The van der Waals surface area contributed by atoms with Crippen LogP contribution in [-0.4, -0.2) is 0 Å². The van der Waals surface area contributed by atoms with Gasteiger partial charge in [0.15, 0.2) is 0 Å². The summed E-state index contributed by atoms with van der Waals surface area (Å²) >= 11 is 0. The Hall–Kier alpha value is 0. The summed E-state index contributed by atoms with van der Waals surface area (Å²) in [7, 11) is 0. The van der Waals surface area contributed by atoms with Crippen molar-refractivity contribution >= 4 is 0 Å². The van der Waals surface area contributed by atoms with Gasteiger partial charge in [-0.2, -0.15) is 0 Å². The van der Waals surface area contributed by atoms with E-state index in [0.29, 0.717) is 0 Å². The Labute approximate surface area is 107 Å². The van der Waals surface area contributed by atoms with E-state index in [4.69, 9.17) is 0 Å². The summed E-state index contributed by atoms with van der Waals surface area (Å²) < 4.78 is 0. The summed E-state index contributed by atoms with van der Waals surface area (Å²) in [5, 5.41) is 0. The molecule has 0 aliphatic heterocycles. The van der Waals surface area contributed by atoms with Crippen molar-refractivity contribution in [3.8, 4) is 0 Å². The summed E-state index contributed by atoms with van der Waals surface area (Å²) in [6.07, 6.45) is 11.4. The van der Waals surface area contributed by atoms with Crippen molar-refractivity contribution < 1.29 is 0 Å². The first-order valence-electron chi connectivity index (χ1n) is 8.43. The van der Waals surface area contributed by atoms with Gasteiger partial charge in [-0.3, -0.25) is 0 Å². The van der Waals surface area contributed by atoms with Gasteiger partial charge >= 0.3 is 0 Å². The average molecular weight is 232 g/mol. The molecule has 0 heteroatoms. The highest BCUT2D eigenvalue weighted by molar-refractivity contribution is 5.14. The van der Waals surface area contributed by atoms with E-state index in [2.05, 4.69) is 0 Å². The highest BCUT2D eigenvalue weighted by atomic mass is 14.7. The lowest BCUT2D eigenvalue weighted by Gasteiger charge is -2.40. The zero-order valence-electron chi connectivity index (χ0n) is 11.6. The predicted molar refractivity (Wildman–Crippen MR) is 71.6 cm³/mol. The van der Waals surface area contributed by atoms with Crippen LogP contribution in [0.2, 0.25) is 0 Å². The number of hydrogen-bond acceptors (Lipinski definition) is 0. The fraction of sp³-hybridized carbons (Fsp3) is 1.00. The second kappa shape index (κ2) is 3.75. The van der Waals surface area contributed by atoms with Crippen molar-refractivity contribution in [1.82, 2.24) is 0 Å². The molecule has 8 atom stereocenters. The van der Waals surface area contributed by atoms with Crippen LogP contribution in [0.25, 0.3) is 0 Å². The molecule has 5 saturated carbocycles. The molecule has 5 rings (SSSR count). The molecule has 0 heterocycles. The zero-order chi connectivity index (χ0) is 11.6. The molecular formula is C17H28. The molecule has 5 aliphatic carbocycles. The van der Waals surface area contributed by atoms with Crippen LogP contribution in [0.5, 0.6) is 0 Å². The van der Waals surface area contributed by atoms with Gasteiger partial charge in [0.05, 0.1) is 0 Å². The van der Waals surface area contributed by atoms with Crippen LogP contribution >= 0.6 is 0 Å². The summed E-state index contributed by atoms with van der Waals surface area (Å²) in [6, 6.07) is 0. The normalized spacial score (nSPS) is 61.1. The van der Waals surface area contributed by atoms with Gasteiger partial charge in [0, 0.05) is 0 Å². The molecule has 0 aromatic carbocycles.